The summed E-state index contributed by atoms with van der Waals surface area (Å²) >= 11 is 1.75. The van der Waals surface area contributed by atoms with Crippen molar-refractivity contribution in [1.29, 1.82) is 0 Å². The van der Waals surface area contributed by atoms with Gasteiger partial charge >= 0.3 is 0 Å². The molecule has 0 atom stereocenters. The monoisotopic (exact) mass is 330 g/mol. The van der Waals surface area contributed by atoms with E-state index in [0.717, 1.165) is 44.8 Å². The number of thiophene rings is 1. The number of carbonyl (C=O) groups excluding carboxylic acids is 1. The minimum atomic E-state index is 0.0840. The van der Waals surface area contributed by atoms with Crippen molar-refractivity contribution in [3.05, 3.63) is 46.7 Å². The van der Waals surface area contributed by atoms with Crippen LogP contribution in [0.1, 0.15) is 17.7 Å². The maximum atomic E-state index is 12.0. The third kappa shape index (κ3) is 4.81. The minimum absolute atomic E-state index is 0.0840. The molecule has 122 valence electrons. The fraction of sp³-hybridized carbons (Fsp3) is 0.389. The molecular formula is C18H22N2O2S. The molecule has 2 aromatic rings. The lowest BCUT2D eigenvalue weighted by Crippen LogP contribution is -2.36. The van der Waals surface area contributed by atoms with Crippen LogP contribution >= 0.6 is 11.3 Å². The Hall–Kier alpha value is -1.85. The van der Waals surface area contributed by atoms with Gasteiger partial charge in [-0.25, -0.2) is 0 Å². The largest absolute Gasteiger partial charge is 0.378 e. The molecule has 23 heavy (non-hydrogen) atoms. The number of benzene rings is 1. The first-order valence-electron chi connectivity index (χ1n) is 8.06. The van der Waals surface area contributed by atoms with E-state index in [0.29, 0.717) is 6.42 Å². The van der Waals surface area contributed by atoms with E-state index in [4.69, 9.17) is 4.74 Å². The second kappa shape index (κ2) is 8.13. The molecule has 0 saturated carbocycles. The standard InChI is InChI=1S/C18H22N2O2S/c21-18(5-1-3-17-4-2-14-23-17)19-15-6-8-16(9-7-15)20-10-12-22-13-11-20/h2,4,6-9,14H,1,3,5,10-13H2,(H,19,21). The fourth-order valence-corrected chi connectivity index (χ4v) is 3.43. The number of aryl methyl sites for hydroxylation is 1. The molecule has 1 aliphatic rings. The van der Waals surface area contributed by atoms with E-state index in [-0.39, 0.29) is 5.91 Å². The van der Waals surface area contributed by atoms with Crippen molar-refractivity contribution in [3.63, 3.8) is 0 Å². The topological polar surface area (TPSA) is 41.6 Å². The molecule has 1 amide bonds. The highest BCUT2D eigenvalue weighted by molar-refractivity contribution is 7.09. The van der Waals surface area contributed by atoms with Crippen LogP contribution in [-0.2, 0) is 16.0 Å². The van der Waals surface area contributed by atoms with Crippen LogP contribution in [0.5, 0.6) is 0 Å². The molecule has 1 fully saturated rings. The summed E-state index contributed by atoms with van der Waals surface area (Å²) in [5.74, 6) is 0.0840. The number of nitrogens with one attached hydrogen (secondary N) is 1. The average molecular weight is 330 g/mol. The Morgan fingerprint density at radius 2 is 1.96 bits per heavy atom. The van der Waals surface area contributed by atoms with Crippen LogP contribution in [0.15, 0.2) is 41.8 Å². The number of nitrogens with zero attached hydrogens (tertiary/aromatic N) is 1. The quantitative estimate of drug-likeness (QED) is 0.881. The molecule has 1 aromatic heterocycles. The summed E-state index contributed by atoms with van der Waals surface area (Å²) in [5, 5.41) is 5.05. The zero-order valence-electron chi connectivity index (χ0n) is 13.2. The summed E-state index contributed by atoms with van der Waals surface area (Å²) in [6.45, 7) is 3.41. The normalized spacial score (nSPS) is 14.7. The predicted octanol–water partition coefficient (Wildman–Crippen LogP) is 3.55. The summed E-state index contributed by atoms with van der Waals surface area (Å²) in [4.78, 5) is 15.6. The second-order valence-corrected chi connectivity index (χ2v) is 6.66. The van der Waals surface area contributed by atoms with E-state index in [9.17, 15) is 4.79 Å². The lowest BCUT2D eigenvalue weighted by molar-refractivity contribution is -0.116. The van der Waals surface area contributed by atoms with Crippen molar-refractivity contribution in [2.24, 2.45) is 0 Å². The number of anilines is 2. The molecule has 2 heterocycles. The Kier molecular flexibility index (Phi) is 5.66. The van der Waals surface area contributed by atoms with Crippen LogP contribution in [0, 0.1) is 0 Å². The molecule has 0 aliphatic carbocycles. The molecule has 0 bridgehead atoms. The van der Waals surface area contributed by atoms with Gasteiger partial charge in [-0.3, -0.25) is 4.79 Å². The first-order valence-corrected chi connectivity index (χ1v) is 8.94. The third-order valence-corrected chi connectivity index (χ3v) is 4.87. The summed E-state index contributed by atoms with van der Waals surface area (Å²) in [6.07, 6.45) is 2.42. The number of rotatable bonds is 6. The van der Waals surface area contributed by atoms with Crippen molar-refractivity contribution >= 4 is 28.6 Å². The van der Waals surface area contributed by atoms with Gasteiger partial charge in [0.2, 0.25) is 5.91 Å². The number of morpholine rings is 1. The molecule has 1 saturated heterocycles. The van der Waals surface area contributed by atoms with Crippen LogP contribution in [0.3, 0.4) is 0 Å². The van der Waals surface area contributed by atoms with E-state index in [1.165, 1.54) is 10.6 Å². The lowest BCUT2D eigenvalue weighted by atomic mass is 10.2. The maximum Gasteiger partial charge on any atom is 0.224 e. The molecule has 1 aromatic carbocycles. The Bertz CT molecular complexity index is 604. The molecular weight excluding hydrogens is 308 g/mol. The number of ether oxygens (including phenoxy) is 1. The van der Waals surface area contributed by atoms with E-state index in [1.54, 1.807) is 11.3 Å². The summed E-state index contributed by atoms with van der Waals surface area (Å²) in [5.41, 5.74) is 2.05. The van der Waals surface area contributed by atoms with Gasteiger partial charge in [0.05, 0.1) is 13.2 Å². The molecule has 0 radical (unpaired) electrons. The highest BCUT2D eigenvalue weighted by Crippen LogP contribution is 2.19. The highest BCUT2D eigenvalue weighted by atomic mass is 32.1. The van der Waals surface area contributed by atoms with Crippen molar-refractivity contribution in [3.8, 4) is 0 Å². The van der Waals surface area contributed by atoms with E-state index < -0.39 is 0 Å². The zero-order chi connectivity index (χ0) is 15.9. The SMILES string of the molecule is O=C(CCCc1cccs1)Nc1ccc(N2CCOCC2)cc1. The Balaban J connectivity index is 1.44. The molecule has 1 N–H and O–H groups in total. The second-order valence-electron chi connectivity index (χ2n) is 5.63. The minimum Gasteiger partial charge on any atom is -0.378 e. The van der Waals surface area contributed by atoms with Gasteiger partial charge in [-0.15, -0.1) is 11.3 Å². The Morgan fingerprint density at radius 1 is 1.17 bits per heavy atom. The van der Waals surface area contributed by atoms with Crippen LogP contribution in [0.4, 0.5) is 11.4 Å². The van der Waals surface area contributed by atoms with Gasteiger partial charge in [0.15, 0.2) is 0 Å². The summed E-state index contributed by atoms with van der Waals surface area (Å²) < 4.78 is 5.36. The van der Waals surface area contributed by atoms with Gasteiger partial charge in [-0.05, 0) is 48.6 Å². The summed E-state index contributed by atoms with van der Waals surface area (Å²) in [7, 11) is 0. The van der Waals surface area contributed by atoms with E-state index >= 15 is 0 Å². The van der Waals surface area contributed by atoms with Crippen molar-refractivity contribution in [1.82, 2.24) is 0 Å². The fourth-order valence-electron chi connectivity index (χ4n) is 2.68. The molecule has 1 aliphatic heterocycles. The smallest absolute Gasteiger partial charge is 0.224 e. The number of carbonyl (C=O) groups is 1. The summed E-state index contributed by atoms with van der Waals surface area (Å²) in [6, 6.07) is 12.2. The van der Waals surface area contributed by atoms with Gasteiger partial charge < -0.3 is 15.0 Å². The van der Waals surface area contributed by atoms with Gasteiger partial charge in [0.1, 0.15) is 0 Å². The first-order chi connectivity index (χ1) is 11.3. The molecule has 0 unspecified atom stereocenters. The molecule has 5 heteroatoms. The molecule has 4 nitrogen and oxygen atoms in total. The lowest BCUT2D eigenvalue weighted by Gasteiger charge is -2.28. The van der Waals surface area contributed by atoms with Gasteiger partial charge in [0, 0.05) is 35.8 Å². The average Bonchev–Trinajstić information content (AvgIpc) is 3.10. The van der Waals surface area contributed by atoms with Crippen molar-refractivity contribution in [2.75, 3.05) is 36.5 Å². The Morgan fingerprint density at radius 3 is 2.65 bits per heavy atom. The van der Waals surface area contributed by atoms with Gasteiger partial charge in [-0.2, -0.15) is 0 Å². The molecule has 3 rings (SSSR count). The highest BCUT2D eigenvalue weighted by Gasteiger charge is 2.11. The van der Waals surface area contributed by atoms with Crippen molar-refractivity contribution in [2.45, 2.75) is 19.3 Å². The van der Waals surface area contributed by atoms with Gasteiger partial charge in [0.25, 0.3) is 0 Å². The van der Waals surface area contributed by atoms with Gasteiger partial charge in [-0.1, -0.05) is 6.07 Å². The Labute approximate surface area is 141 Å². The van der Waals surface area contributed by atoms with Crippen LogP contribution in [0.2, 0.25) is 0 Å². The maximum absolute atomic E-state index is 12.0. The number of hydrogen-bond acceptors (Lipinski definition) is 4. The first kappa shape index (κ1) is 16.0. The number of hydrogen-bond donors (Lipinski definition) is 1. The number of amides is 1. The van der Waals surface area contributed by atoms with E-state index in [1.807, 2.05) is 12.1 Å². The predicted molar refractivity (Wildman–Crippen MR) is 95.4 cm³/mol. The molecule has 0 spiro atoms. The van der Waals surface area contributed by atoms with Crippen LogP contribution in [-0.4, -0.2) is 32.2 Å². The van der Waals surface area contributed by atoms with Crippen LogP contribution in [0.25, 0.3) is 0 Å². The zero-order valence-corrected chi connectivity index (χ0v) is 14.0. The van der Waals surface area contributed by atoms with Crippen molar-refractivity contribution < 1.29 is 9.53 Å². The van der Waals surface area contributed by atoms with E-state index in [2.05, 4.69) is 39.9 Å². The third-order valence-electron chi connectivity index (χ3n) is 3.93. The van der Waals surface area contributed by atoms with Crippen LogP contribution < -0.4 is 10.2 Å².